The van der Waals surface area contributed by atoms with Crippen molar-refractivity contribution in [1.82, 2.24) is 14.3 Å². The lowest BCUT2D eigenvalue weighted by molar-refractivity contribution is 0.122. The van der Waals surface area contributed by atoms with Crippen LogP contribution in [0.25, 0.3) is 5.65 Å². The van der Waals surface area contributed by atoms with Crippen LogP contribution in [0.4, 0.5) is 0 Å². The Kier molecular flexibility index (Phi) is 5.16. The maximum atomic E-state index is 5.44. The Labute approximate surface area is 116 Å². The summed E-state index contributed by atoms with van der Waals surface area (Å²) in [5.74, 6) is 0. The van der Waals surface area contributed by atoms with E-state index < -0.39 is 0 Å². The van der Waals surface area contributed by atoms with Gasteiger partial charge in [-0.2, -0.15) is 0 Å². The second-order valence-corrected chi connectivity index (χ2v) is 5.03. The number of nitrogens with zero attached hydrogens (tertiary/aromatic N) is 3. The van der Waals surface area contributed by atoms with E-state index >= 15 is 0 Å². The first-order chi connectivity index (χ1) is 8.79. The van der Waals surface area contributed by atoms with Crippen molar-refractivity contribution in [1.29, 1.82) is 0 Å². The standard InChI is InChI=1S/C13H18BrN3O/c1-16(7-9-18-8-5-14)10-12-11-17-6-3-2-4-13(17)15-12/h2-4,6,11H,5,7-10H2,1H3. The van der Waals surface area contributed by atoms with Crippen molar-refractivity contribution in [3.63, 3.8) is 0 Å². The zero-order valence-electron chi connectivity index (χ0n) is 10.6. The number of aromatic nitrogens is 2. The number of pyridine rings is 1. The van der Waals surface area contributed by atoms with Crippen molar-refractivity contribution in [3.8, 4) is 0 Å². The summed E-state index contributed by atoms with van der Waals surface area (Å²) >= 11 is 3.34. The normalized spacial score (nSPS) is 11.5. The first-order valence-electron chi connectivity index (χ1n) is 6.04. The summed E-state index contributed by atoms with van der Waals surface area (Å²) in [4.78, 5) is 6.79. The molecule has 4 nitrogen and oxygen atoms in total. The molecule has 0 N–H and O–H groups in total. The van der Waals surface area contributed by atoms with Gasteiger partial charge in [0.1, 0.15) is 5.65 Å². The van der Waals surface area contributed by atoms with Crippen LogP contribution in [0.2, 0.25) is 0 Å². The molecule has 0 spiro atoms. The molecule has 18 heavy (non-hydrogen) atoms. The van der Waals surface area contributed by atoms with Crippen LogP contribution >= 0.6 is 15.9 Å². The number of hydrogen-bond acceptors (Lipinski definition) is 3. The highest BCUT2D eigenvalue weighted by Gasteiger charge is 2.04. The van der Waals surface area contributed by atoms with Gasteiger partial charge in [0.05, 0.1) is 18.9 Å². The number of imidazole rings is 1. The number of halogens is 1. The molecule has 0 bridgehead atoms. The minimum Gasteiger partial charge on any atom is -0.379 e. The molecular formula is C13H18BrN3O. The Morgan fingerprint density at radius 3 is 3.06 bits per heavy atom. The van der Waals surface area contributed by atoms with Gasteiger partial charge in [0.25, 0.3) is 0 Å². The van der Waals surface area contributed by atoms with Crippen LogP contribution in [0, 0.1) is 0 Å². The van der Waals surface area contributed by atoms with E-state index in [-0.39, 0.29) is 0 Å². The number of rotatable bonds is 7. The highest BCUT2D eigenvalue weighted by atomic mass is 79.9. The van der Waals surface area contributed by atoms with E-state index in [0.717, 1.165) is 43.0 Å². The quantitative estimate of drug-likeness (QED) is 0.580. The van der Waals surface area contributed by atoms with Crippen LogP contribution in [-0.2, 0) is 11.3 Å². The second kappa shape index (κ2) is 6.87. The highest BCUT2D eigenvalue weighted by Crippen LogP contribution is 2.06. The van der Waals surface area contributed by atoms with Crippen molar-refractivity contribution in [2.45, 2.75) is 6.54 Å². The molecule has 0 radical (unpaired) electrons. The molecule has 0 aliphatic heterocycles. The SMILES string of the molecule is CN(CCOCCBr)Cc1cn2ccccc2n1. The van der Waals surface area contributed by atoms with Crippen LogP contribution < -0.4 is 0 Å². The summed E-state index contributed by atoms with van der Waals surface area (Å²) in [6.07, 6.45) is 4.09. The van der Waals surface area contributed by atoms with Crippen LogP contribution in [0.5, 0.6) is 0 Å². The topological polar surface area (TPSA) is 29.8 Å². The molecule has 0 unspecified atom stereocenters. The molecule has 98 valence electrons. The molecule has 2 aromatic rings. The van der Waals surface area contributed by atoms with Gasteiger partial charge in [-0.15, -0.1) is 0 Å². The first kappa shape index (κ1) is 13.5. The fourth-order valence-electron chi connectivity index (χ4n) is 1.80. The molecule has 5 heteroatoms. The molecule has 0 saturated heterocycles. The molecular weight excluding hydrogens is 294 g/mol. The Morgan fingerprint density at radius 1 is 1.39 bits per heavy atom. The summed E-state index contributed by atoms with van der Waals surface area (Å²) < 4.78 is 7.48. The first-order valence-corrected chi connectivity index (χ1v) is 7.16. The van der Waals surface area contributed by atoms with Crippen molar-refractivity contribution in [3.05, 3.63) is 36.3 Å². The van der Waals surface area contributed by atoms with E-state index in [9.17, 15) is 0 Å². The van der Waals surface area contributed by atoms with Crippen molar-refractivity contribution in [2.75, 3.05) is 32.1 Å². The lowest BCUT2D eigenvalue weighted by Crippen LogP contribution is -2.23. The third kappa shape index (κ3) is 3.80. The fraction of sp³-hybridized carbons (Fsp3) is 0.462. The van der Waals surface area contributed by atoms with Crippen molar-refractivity contribution in [2.24, 2.45) is 0 Å². The van der Waals surface area contributed by atoms with Gasteiger partial charge in [-0.1, -0.05) is 22.0 Å². The van der Waals surface area contributed by atoms with E-state index in [4.69, 9.17) is 4.74 Å². The summed E-state index contributed by atoms with van der Waals surface area (Å²) in [5.41, 5.74) is 2.08. The molecule has 2 heterocycles. The Balaban J connectivity index is 1.84. The molecule has 2 rings (SSSR count). The van der Waals surface area contributed by atoms with Gasteiger partial charge in [0, 0.05) is 30.8 Å². The van der Waals surface area contributed by atoms with Crippen molar-refractivity contribution < 1.29 is 4.74 Å². The molecule has 2 aromatic heterocycles. The molecule has 0 aromatic carbocycles. The number of ether oxygens (including phenoxy) is 1. The number of likely N-dealkylation sites (N-methyl/N-ethyl adjacent to an activating group) is 1. The Hall–Kier alpha value is -0.910. The monoisotopic (exact) mass is 311 g/mol. The van der Waals surface area contributed by atoms with Crippen LogP contribution in [0.3, 0.4) is 0 Å². The van der Waals surface area contributed by atoms with E-state index in [0.29, 0.717) is 0 Å². The van der Waals surface area contributed by atoms with Gasteiger partial charge in [-0.25, -0.2) is 4.98 Å². The molecule has 0 aliphatic rings. The smallest absolute Gasteiger partial charge is 0.137 e. The lowest BCUT2D eigenvalue weighted by atomic mass is 10.4. The molecule has 0 saturated carbocycles. The van der Waals surface area contributed by atoms with Gasteiger partial charge >= 0.3 is 0 Å². The average molecular weight is 312 g/mol. The van der Waals surface area contributed by atoms with Gasteiger partial charge in [-0.3, -0.25) is 4.90 Å². The summed E-state index contributed by atoms with van der Waals surface area (Å²) in [6, 6.07) is 6.03. The molecule has 0 amide bonds. The number of fused-ring (bicyclic) bond motifs is 1. The van der Waals surface area contributed by atoms with E-state index in [2.05, 4.69) is 39.1 Å². The van der Waals surface area contributed by atoms with Crippen LogP contribution in [-0.4, -0.2) is 46.4 Å². The van der Waals surface area contributed by atoms with E-state index in [1.165, 1.54) is 0 Å². The molecule has 0 atom stereocenters. The largest absolute Gasteiger partial charge is 0.379 e. The predicted octanol–water partition coefficient (Wildman–Crippen LogP) is 2.18. The number of hydrogen-bond donors (Lipinski definition) is 0. The predicted molar refractivity (Wildman–Crippen MR) is 76.1 cm³/mol. The Morgan fingerprint density at radius 2 is 2.28 bits per heavy atom. The van der Waals surface area contributed by atoms with Crippen LogP contribution in [0.1, 0.15) is 5.69 Å². The zero-order chi connectivity index (χ0) is 12.8. The summed E-state index contributed by atoms with van der Waals surface area (Å²) in [6.45, 7) is 3.29. The van der Waals surface area contributed by atoms with Crippen molar-refractivity contribution >= 4 is 21.6 Å². The lowest BCUT2D eigenvalue weighted by Gasteiger charge is -2.14. The third-order valence-corrected chi connectivity index (χ3v) is 3.01. The van der Waals surface area contributed by atoms with E-state index in [1.807, 2.05) is 28.8 Å². The summed E-state index contributed by atoms with van der Waals surface area (Å²) in [7, 11) is 2.08. The van der Waals surface area contributed by atoms with E-state index in [1.54, 1.807) is 0 Å². The van der Waals surface area contributed by atoms with Gasteiger partial charge in [0.15, 0.2) is 0 Å². The highest BCUT2D eigenvalue weighted by molar-refractivity contribution is 9.09. The van der Waals surface area contributed by atoms with Crippen LogP contribution in [0.15, 0.2) is 30.6 Å². The van der Waals surface area contributed by atoms with Gasteiger partial charge in [0.2, 0.25) is 0 Å². The van der Waals surface area contributed by atoms with Gasteiger partial charge < -0.3 is 9.14 Å². The maximum Gasteiger partial charge on any atom is 0.137 e. The molecule has 0 fully saturated rings. The summed E-state index contributed by atoms with van der Waals surface area (Å²) in [5, 5.41) is 0.892. The average Bonchev–Trinajstić information content (AvgIpc) is 2.76. The Bertz CT molecular complexity index is 453. The second-order valence-electron chi connectivity index (χ2n) is 4.24. The maximum absolute atomic E-state index is 5.44. The minimum atomic E-state index is 0.759. The fourth-order valence-corrected chi connectivity index (χ4v) is 2.02. The zero-order valence-corrected chi connectivity index (χ0v) is 12.1. The van der Waals surface area contributed by atoms with Gasteiger partial charge in [-0.05, 0) is 19.2 Å². The third-order valence-electron chi connectivity index (χ3n) is 2.68. The molecule has 0 aliphatic carbocycles. The number of alkyl halides is 1. The minimum absolute atomic E-state index is 0.759.